The molecule has 0 saturated carbocycles. The summed E-state index contributed by atoms with van der Waals surface area (Å²) in [6.07, 6.45) is 1.73. The molecule has 0 aliphatic heterocycles. The predicted octanol–water partition coefficient (Wildman–Crippen LogP) is 3.38. The largest absolute Gasteiger partial charge is 0.468 e. The van der Waals surface area contributed by atoms with Crippen molar-refractivity contribution in [1.82, 2.24) is 4.90 Å². The molecule has 0 radical (unpaired) electrons. The van der Waals surface area contributed by atoms with Crippen molar-refractivity contribution >= 4 is 15.9 Å². The van der Waals surface area contributed by atoms with Crippen LogP contribution in [0.25, 0.3) is 0 Å². The zero-order chi connectivity index (χ0) is 11.3. The Hall–Kier alpha value is -0.280. The van der Waals surface area contributed by atoms with Gasteiger partial charge in [0.25, 0.3) is 0 Å². The second-order valence-electron chi connectivity index (χ2n) is 4.43. The van der Waals surface area contributed by atoms with E-state index in [-0.39, 0.29) is 0 Å². The SMILES string of the molecule is CC(C)C(CBr)CN(C)Cc1ccco1. The number of alkyl halides is 1. The molecule has 1 rings (SSSR count). The van der Waals surface area contributed by atoms with Crippen molar-refractivity contribution in [1.29, 1.82) is 0 Å². The van der Waals surface area contributed by atoms with Gasteiger partial charge in [0.1, 0.15) is 5.76 Å². The van der Waals surface area contributed by atoms with Gasteiger partial charge in [0, 0.05) is 11.9 Å². The Labute approximate surface area is 101 Å². The summed E-state index contributed by atoms with van der Waals surface area (Å²) in [5, 5.41) is 1.06. The van der Waals surface area contributed by atoms with E-state index in [1.54, 1.807) is 6.26 Å². The minimum Gasteiger partial charge on any atom is -0.468 e. The van der Waals surface area contributed by atoms with Crippen molar-refractivity contribution in [3.05, 3.63) is 24.2 Å². The molecule has 1 aromatic rings. The topological polar surface area (TPSA) is 16.4 Å². The van der Waals surface area contributed by atoms with E-state index in [4.69, 9.17) is 4.42 Å². The lowest BCUT2D eigenvalue weighted by atomic mass is 9.98. The first-order valence-electron chi connectivity index (χ1n) is 5.40. The second kappa shape index (κ2) is 6.33. The van der Waals surface area contributed by atoms with E-state index in [2.05, 4.69) is 41.7 Å². The molecular formula is C12H20BrNO. The highest BCUT2D eigenvalue weighted by molar-refractivity contribution is 9.09. The van der Waals surface area contributed by atoms with E-state index in [1.165, 1.54) is 0 Å². The summed E-state index contributed by atoms with van der Waals surface area (Å²) in [6.45, 7) is 6.53. The molecule has 1 unspecified atom stereocenters. The summed E-state index contributed by atoms with van der Waals surface area (Å²) in [6, 6.07) is 3.96. The Kier molecular flexibility index (Phi) is 5.40. The van der Waals surface area contributed by atoms with Crippen LogP contribution in [0.15, 0.2) is 22.8 Å². The van der Waals surface area contributed by atoms with Gasteiger partial charge < -0.3 is 4.42 Å². The number of furan rings is 1. The maximum atomic E-state index is 5.33. The van der Waals surface area contributed by atoms with Crippen LogP contribution in [0.3, 0.4) is 0 Å². The lowest BCUT2D eigenvalue weighted by Gasteiger charge is -2.24. The van der Waals surface area contributed by atoms with Crippen LogP contribution in [0.2, 0.25) is 0 Å². The van der Waals surface area contributed by atoms with Crippen molar-refractivity contribution in [2.75, 3.05) is 18.9 Å². The van der Waals surface area contributed by atoms with Gasteiger partial charge in [-0.2, -0.15) is 0 Å². The van der Waals surface area contributed by atoms with Crippen molar-refractivity contribution in [3.63, 3.8) is 0 Å². The first kappa shape index (κ1) is 12.8. The third-order valence-electron chi connectivity index (χ3n) is 2.69. The molecule has 15 heavy (non-hydrogen) atoms. The van der Waals surface area contributed by atoms with E-state index in [1.807, 2.05) is 12.1 Å². The molecule has 0 N–H and O–H groups in total. The van der Waals surface area contributed by atoms with Crippen LogP contribution in [0.5, 0.6) is 0 Å². The Bertz CT molecular complexity index is 259. The molecule has 0 aliphatic rings. The standard InChI is InChI=1S/C12H20BrNO/c1-10(2)11(7-13)8-14(3)9-12-5-4-6-15-12/h4-6,10-11H,7-9H2,1-3H3. The monoisotopic (exact) mass is 273 g/mol. The Morgan fingerprint density at radius 1 is 1.47 bits per heavy atom. The summed E-state index contributed by atoms with van der Waals surface area (Å²) in [5.74, 6) is 2.45. The molecule has 0 aliphatic carbocycles. The highest BCUT2D eigenvalue weighted by atomic mass is 79.9. The summed E-state index contributed by atoms with van der Waals surface area (Å²) in [7, 11) is 2.14. The minimum absolute atomic E-state index is 0.699. The van der Waals surface area contributed by atoms with Crippen LogP contribution < -0.4 is 0 Å². The third-order valence-corrected chi connectivity index (χ3v) is 3.52. The average Bonchev–Trinajstić information content (AvgIpc) is 2.66. The number of hydrogen-bond acceptors (Lipinski definition) is 2. The van der Waals surface area contributed by atoms with Crippen molar-refractivity contribution in [2.24, 2.45) is 11.8 Å². The van der Waals surface area contributed by atoms with Gasteiger partial charge in [0.05, 0.1) is 12.8 Å². The summed E-state index contributed by atoms with van der Waals surface area (Å²) < 4.78 is 5.33. The molecule has 3 heteroatoms. The molecule has 0 fully saturated rings. The lowest BCUT2D eigenvalue weighted by Crippen LogP contribution is -2.29. The van der Waals surface area contributed by atoms with Crippen LogP contribution in [-0.2, 0) is 6.54 Å². The maximum absolute atomic E-state index is 5.33. The predicted molar refractivity (Wildman–Crippen MR) is 67.2 cm³/mol. The van der Waals surface area contributed by atoms with Crippen molar-refractivity contribution in [3.8, 4) is 0 Å². The minimum atomic E-state index is 0.699. The highest BCUT2D eigenvalue weighted by Crippen LogP contribution is 2.16. The molecule has 0 amide bonds. The van der Waals surface area contributed by atoms with Gasteiger partial charge in [-0.1, -0.05) is 29.8 Å². The van der Waals surface area contributed by atoms with E-state index in [0.717, 1.165) is 24.2 Å². The van der Waals surface area contributed by atoms with Crippen LogP contribution in [-0.4, -0.2) is 23.8 Å². The molecule has 0 spiro atoms. The first-order valence-corrected chi connectivity index (χ1v) is 6.52. The number of rotatable bonds is 6. The Morgan fingerprint density at radius 2 is 2.20 bits per heavy atom. The molecule has 0 aromatic carbocycles. The van der Waals surface area contributed by atoms with Crippen LogP contribution >= 0.6 is 15.9 Å². The van der Waals surface area contributed by atoms with Gasteiger partial charge in [0.2, 0.25) is 0 Å². The second-order valence-corrected chi connectivity index (χ2v) is 5.08. The molecule has 1 atom stereocenters. The molecule has 1 heterocycles. The van der Waals surface area contributed by atoms with Gasteiger partial charge in [-0.05, 0) is 31.0 Å². The average molecular weight is 274 g/mol. The Balaban J connectivity index is 2.37. The van der Waals surface area contributed by atoms with Gasteiger partial charge in [-0.15, -0.1) is 0 Å². The van der Waals surface area contributed by atoms with Gasteiger partial charge in [-0.3, -0.25) is 4.90 Å². The Morgan fingerprint density at radius 3 is 2.67 bits per heavy atom. The first-order chi connectivity index (χ1) is 7.13. The molecule has 0 saturated heterocycles. The summed E-state index contributed by atoms with van der Waals surface area (Å²) in [5.41, 5.74) is 0. The lowest BCUT2D eigenvalue weighted by molar-refractivity contribution is 0.232. The highest BCUT2D eigenvalue weighted by Gasteiger charge is 2.14. The number of halogens is 1. The summed E-state index contributed by atoms with van der Waals surface area (Å²) >= 11 is 3.57. The zero-order valence-electron chi connectivity index (χ0n) is 9.74. The van der Waals surface area contributed by atoms with Gasteiger partial charge in [0.15, 0.2) is 0 Å². The molecule has 1 aromatic heterocycles. The fraction of sp³-hybridized carbons (Fsp3) is 0.667. The quantitative estimate of drug-likeness (QED) is 0.739. The van der Waals surface area contributed by atoms with Crippen molar-refractivity contribution in [2.45, 2.75) is 20.4 Å². The van der Waals surface area contributed by atoms with E-state index >= 15 is 0 Å². The fourth-order valence-corrected chi connectivity index (χ4v) is 2.52. The third kappa shape index (κ3) is 4.39. The van der Waals surface area contributed by atoms with E-state index in [0.29, 0.717) is 11.8 Å². The summed E-state index contributed by atoms with van der Waals surface area (Å²) in [4.78, 5) is 2.31. The normalized spacial score (nSPS) is 13.7. The van der Waals surface area contributed by atoms with Gasteiger partial charge >= 0.3 is 0 Å². The van der Waals surface area contributed by atoms with Crippen LogP contribution in [0, 0.1) is 11.8 Å². The maximum Gasteiger partial charge on any atom is 0.117 e. The van der Waals surface area contributed by atoms with Crippen LogP contribution in [0.4, 0.5) is 0 Å². The van der Waals surface area contributed by atoms with Crippen LogP contribution in [0.1, 0.15) is 19.6 Å². The molecular weight excluding hydrogens is 254 g/mol. The molecule has 0 bridgehead atoms. The number of hydrogen-bond donors (Lipinski definition) is 0. The van der Waals surface area contributed by atoms with Gasteiger partial charge in [-0.25, -0.2) is 0 Å². The van der Waals surface area contributed by atoms with E-state index in [9.17, 15) is 0 Å². The molecule has 86 valence electrons. The van der Waals surface area contributed by atoms with Crippen molar-refractivity contribution < 1.29 is 4.42 Å². The smallest absolute Gasteiger partial charge is 0.117 e. The fourth-order valence-electron chi connectivity index (χ4n) is 1.57. The zero-order valence-corrected chi connectivity index (χ0v) is 11.3. The van der Waals surface area contributed by atoms with E-state index < -0.39 is 0 Å². The number of nitrogens with zero attached hydrogens (tertiary/aromatic N) is 1. The molecule has 2 nitrogen and oxygen atoms in total.